The van der Waals surface area contributed by atoms with Gasteiger partial charge in [0, 0.05) is 11.3 Å². The summed E-state index contributed by atoms with van der Waals surface area (Å²) >= 11 is 0. The van der Waals surface area contributed by atoms with E-state index in [0.29, 0.717) is 17.9 Å². The minimum Gasteiger partial charge on any atom is -0.491 e. The maximum atomic E-state index is 12.6. The lowest BCUT2D eigenvalue weighted by Crippen LogP contribution is -2.36. The Morgan fingerprint density at radius 2 is 1.67 bits per heavy atom. The van der Waals surface area contributed by atoms with Crippen LogP contribution in [0.15, 0.2) is 83.8 Å². The van der Waals surface area contributed by atoms with Crippen LogP contribution in [-0.4, -0.2) is 27.0 Å². The quantitative estimate of drug-likeness (QED) is 0.573. The van der Waals surface area contributed by atoms with E-state index in [0.717, 1.165) is 11.3 Å². The van der Waals surface area contributed by atoms with Gasteiger partial charge in [0.1, 0.15) is 12.4 Å². The number of amides is 1. The van der Waals surface area contributed by atoms with Crippen molar-refractivity contribution < 1.29 is 17.9 Å². The molecule has 1 unspecified atom stereocenters. The minimum absolute atomic E-state index is 0.154. The average molecular weight is 425 g/mol. The van der Waals surface area contributed by atoms with Gasteiger partial charge in [-0.2, -0.15) is 0 Å². The second-order valence-corrected chi connectivity index (χ2v) is 8.63. The highest BCUT2D eigenvalue weighted by Gasteiger charge is 2.15. The Morgan fingerprint density at radius 1 is 0.967 bits per heavy atom. The van der Waals surface area contributed by atoms with Crippen molar-refractivity contribution in [3.63, 3.8) is 0 Å². The van der Waals surface area contributed by atoms with Gasteiger partial charge >= 0.3 is 0 Å². The molecule has 0 saturated heterocycles. The molecule has 1 amide bonds. The number of nitrogens with one attached hydrogen (secondary N) is 2. The number of ether oxygens (including phenoxy) is 1. The Hall–Kier alpha value is -3.32. The molecule has 0 bridgehead atoms. The smallest absolute Gasteiger partial charge is 0.261 e. The molecule has 7 heteroatoms. The van der Waals surface area contributed by atoms with Crippen LogP contribution in [0.1, 0.15) is 22.8 Å². The van der Waals surface area contributed by atoms with E-state index in [2.05, 4.69) is 10.0 Å². The molecule has 0 aliphatic heterocycles. The molecule has 0 radical (unpaired) electrons. The van der Waals surface area contributed by atoms with Crippen LogP contribution in [0.5, 0.6) is 5.75 Å². The Labute approximate surface area is 177 Å². The topological polar surface area (TPSA) is 84.5 Å². The number of para-hydroxylation sites is 1. The molecule has 3 aromatic rings. The van der Waals surface area contributed by atoms with E-state index in [1.54, 1.807) is 36.4 Å². The first-order valence-corrected chi connectivity index (χ1v) is 11.0. The summed E-state index contributed by atoms with van der Waals surface area (Å²) in [4.78, 5) is 12.7. The fourth-order valence-electron chi connectivity index (χ4n) is 2.82. The largest absolute Gasteiger partial charge is 0.491 e. The maximum Gasteiger partial charge on any atom is 0.261 e. The number of hydrogen-bond acceptors (Lipinski definition) is 4. The van der Waals surface area contributed by atoms with Crippen molar-refractivity contribution >= 4 is 21.6 Å². The van der Waals surface area contributed by atoms with Gasteiger partial charge in [0.15, 0.2) is 0 Å². The monoisotopic (exact) mass is 424 g/mol. The summed E-state index contributed by atoms with van der Waals surface area (Å²) in [5.74, 6) is 0.465. The van der Waals surface area contributed by atoms with Gasteiger partial charge in [0.05, 0.1) is 10.9 Å². The van der Waals surface area contributed by atoms with E-state index in [1.165, 1.54) is 18.2 Å². The lowest BCUT2D eigenvalue weighted by molar-refractivity contribution is 0.0926. The normalized spacial score (nSPS) is 12.1. The standard InChI is InChI=1S/C23H24N2O4S/c1-17-9-6-7-14-22(17)29-16-18(2)24-23(26)19-10-8-11-20(15-19)25-30(27,28)21-12-4-3-5-13-21/h3-15,18,25H,16H2,1-2H3,(H,24,26). The molecular weight excluding hydrogens is 400 g/mol. The van der Waals surface area contributed by atoms with Crippen LogP contribution in [0, 0.1) is 6.92 Å². The van der Waals surface area contributed by atoms with Crippen LogP contribution in [0.25, 0.3) is 0 Å². The molecule has 0 aliphatic rings. The van der Waals surface area contributed by atoms with Gasteiger partial charge in [0.25, 0.3) is 15.9 Å². The lowest BCUT2D eigenvalue weighted by Gasteiger charge is -2.16. The summed E-state index contributed by atoms with van der Waals surface area (Å²) in [5.41, 5.74) is 1.69. The molecule has 2 N–H and O–H groups in total. The Morgan fingerprint density at radius 3 is 2.40 bits per heavy atom. The molecule has 3 rings (SSSR count). The number of carbonyl (C=O) groups excluding carboxylic acids is 1. The first kappa shape index (κ1) is 21.4. The third-order valence-electron chi connectivity index (χ3n) is 4.39. The first-order chi connectivity index (χ1) is 14.3. The van der Waals surface area contributed by atoms with Crippen LogP contribution in [0.2, 0.25) is 0 Å². The third kappa shape index (κ3) is 5.61. The van der Waals surface area contributed by atoms with Gasteiger partial charge in [0.2, 0.25) is 0 Å². The molecule has 0 heterocycles. The van der Waals surface area contributed by atoms with Gasteiger partial charge in [-0.1, -0.05) is 42.5 Å². The van der Waals surface area contributed by atoms with E-state index in [1.807, 2.05) is 38.1 Å². The lowest BCUT2D eigenvalue weighted by atomic mass is 10.2. The van der Waals surface area contributed by atoms with E-state index in [4.69, 9.17) is 4.74 Å². The molecule has 0 aliphatic carbocycles. The highest BCUT2D eigenvalue weighted by Crippen LogP contribution is 2.18. The molecule has 3 aromatic carbocycles. The molecule has 0 aromatic heterocycles. The van der Waals surface area contributed by atoms with Gasteiger partial charge in [-0.25, -0.2) is 8.42 Å². The first-order valence-electron chi connectivity index (χ1n) is 9.52. The predicted octanol–water partition coefficient (Wildman–Crippen LogP) is 3.99. The SMILES string of the molecule is Cc1ccccc1OCC(C)NC(=O)c1cccc(NS(=O)(=O)c2ccccc2)c1. The molecule has 0 saturated carbocycles. The van der Waals surface area contributed by atoms with Gasteiger partial charge < -0.3 is 10.1 Å². The van der Waals surface area contributed by atoms with Gasteiger partial charge in [-0.05, 0) is 55.8 Å². The van der Waals surface area contributed by atoms with Gasteiger partial charge in [-0.3, -0.25) is 9.52 Å². The van der Waals surface area contributed by atoms with Gasteiger partial charge in [-0.15, -0.1) is 0 Å². The predicted molar refractivity (Wildman–Crippen MR) is 117 cm³/mol. The molecule has 156 valence electrons. The summed E-state index contributed by atoms with van der Waals surface area (Å²) < 4.78 is 33.2. The summed E-state index contributed by atoms with van der Waals surface area (Å²) in [5, 5.41) is 2.87. The van der Waals surface area contributed by atoms with Crippen LogP contribution < -0.4 is 14.8 Å². The zero-order valence-corrected chi connectivity index (χ0v) is 17.6. The molecular formula is C23H24N2O4S. The zero-order valence-electron chi connectivity index (χ0n) is 16.8. The van der Waals surface area contributed by atoms with Crippen molar-refractivity contribution in [2.24, 2.45) is 0 Å². The average Bonchev–Trinajstić information content (AvgIpc) is 2.73. The van der Waals surface area contributed by atoms with E-state index >= 15 is 0 Å². The Kier molecular flexibility index (Phi) is 6.74. The van der Waals surface area contributed by atoms with Crippen LogP contribution in [0.3, 0.4) is 0 Å². The number of hydrogen-bond donors (Lipinski definition) is 2. The number of sulfonamides is 1. The van der Waals surface area contributed by atoms with Crippen molar-refractivity contribution in [1.82, 2.24) is 5.32 Å². The van der Waals surface area contributed by atoms with E-state index < -0.39 is 10.0 Å². The summed E-state index contributed by atoms with van der Waals surface area (Å²) in [6, 6.07) is 21.9. The number of aryl methyl sites for hydroxylation is 1. The number of benzene rings is 3. The summed E-state index contributed by atoms with van der Waals surface area (Å²) in [7, 11) is -3.72. The van der Waals surface area contributed by atoms with E-state index in [-0.39, 0.29) is 16.8 Å². The second kappa shape index (κ2) is 9.45. The Balaban J connectivity index is 1.62. The van der Waals surface area contributed by atoms with Crippen LogP contribution in [-0.2, 0) is 10.0 Å². The summed E-state index contributed by atoms with van der Waals surface area (Å²) in [6.45, 7) is 4.12. The number of carbonyl (C=O) groups is 1. The van der Waals surface area contributed by atoms with E-state index in [9.17, 15) is 13.2 Å². The maximum absolute atomic E-state index is 12.6. The summed E-state index contributed by atoms with van der Waals surface area (Å²) in [6.07, 6.45) is 0. The van der Waals surface area contributed by atoms with Crippen LogP contribution >= 0.6 is 0 Å². The van der Waals surface area contributed by atoms with Crippen molar-refractivity contribution in [3.05, 3.63) is 90.0 Å². The Bertz CT molecular complexity index is 1110. The highest BCUT2D eigenvalue weighted by atomic mass is 32.2. The second-order valence-electron chi connectivity index (χ2n) is 6.95. The highest BCUT2D eigenvalue weighted by molar-refractivity contribution is 7.92. The molecule has 0 spiro atoms. The third-order valence-corrected chi connectivity index (χ3v) is 5.79. The fourth-order valence-corrected chi connectivity index (χ4v) is 3.89. The fraction of sp³-hybridized carbons (Fsp3) is 0.174. The zero-order chi connectivity index (χ0) is 21.6. The molecule has 30 heavy (non-hydrogen) atoms. The molecule has 0 fully saturated rings. The number of anilines is 1. The minimum atomic E-state index is -3.72. The van der Waals surface area contributed by atoms with Crippen LogP contribution in [0.4, 0.5) is 5.69 Å². The van der Waals surface area contributed by atoms with Crippen molar-refractivity contribution in [3.8, 4) is 5.75 Å². The van der Waals surface area contributed by atoms with Crippen molar-refractivity contribution in [2.45, 2.75) is 24.8 Å². The molecule has 1 atom stereocenters. The van der Waals surface area contributed by atoms with Crippen molar-refractivity contribution in [2.75, 3.05) is 11.3 Å². The number of rotatable bonds is 8. The molecule has 6 nitrogen and oxygen atoms in total. The van der Waals surface area contributed by atoms with Crippen molar-refractivity contribution in [1.29, 1.82) is 0 Å².